The molecule has 0 saturated carbocycles. The molecule has 3 aromatic rings. The largest absolute Gasteiger partial charge is 0.490 e. The van der Waals surface area contributed by atoms with Gasteiger partial charge in [0.25, 0.3) is 17.5 Å². The average molecular weight is 532 g/mol. The molecule has 14 heteroatoms. The lowest BCUT2D eigenvalue weighted by Crippen LogP contribution is -2.52. The molecule has 8 nitrogen and oxygen atoms in total. The highest BCUT2D eigenvalue weighted by Crippen LogP contribution is 2.43. The van der Waals surface area contributed by atoms with Crippen LogP contribution < -0.4 is 21.2 Å². The molecule has 37 heavy (non-hydrogen) atoms. The maximum Gasteiger partial charge on any atom is 0.414 e. The van der Waals surface area contributed by atoms with Crippen LogP contribution in [-0.4, -0.2) is 40.8 Å². The van der Waals surface area contributed by atoms with Gasteiger partial charge in [0, 0.05) is 31.8 Å². The molecule has 4 rings (SSSR count). The van der Waals surface area contributed by atoms with E-state index in [9.17, 15) is 35.9 Å². The molecule has 1 saturated heterocycles. The van der Waals surface area contributed by atoms with Crippen molar-refractivity contribution in [3.63, 3.8) is 0 Å². The van der Waals surface area contributed by atoms with E-state index in [4.69, 9.17) is 9.47 Å². The van der Waals surface area contributed by atoms with Crippen molar-refractivity contribution in [2.45, 2.75) is 37.5 Å². The zero-order valence-corrected chi connectivity index (χ0v) is 19.8. The number of rotatable bonds is 6. The van der Waals surface area contributed by atoms with E-state index in [1.807, 2.05) is 0 Å². The fraction of sp³-hybridized carbons (Fsp3) is 0.435. The van der Waals surface area contributed by atoms with Crippen LogP contribution in [0.3, 0.4) is 0 Å². The Morgan fingerprint density at radius 1 is 1.19 bits per heavy atom. The Morgan fingerprint density at radius 2 is 1.86 bits per heavy atom. The number of hydrogen-bond donors (Lipinski definition) is 1. The summed E-state index contributed by atoms with van der Waals surface area (Å²) in [5.74, 6) is -2.01. The number of alkyl halides is 5. The van der Waals surface area contributed by atoms with Gasteiger partial charge in [-0.1, -0.05) is 18.2 Å². The second kappa shape index (κ2) is 9.39. The molecule has 1 aliphatic rings. The molecule has 1 fully saturated rings. The van der Waals surface area contributed by atoms with E-state index < -0.39 is 65.5 Å². The van der Waals surface area contributed by atoms with Gasteiger partial charge < -0.3 is 14.8 Å². The number of hydrogen-bond acceptors (Lipinski definition) is 6. The van der Waals surface area contributed by atoms with Crippen LogP contribution >= 0.6 is 0 Å². The summed E-state index contributed by atoms with van der Waals surface area (Å²) < 4.78 is 95.3. The van der Waals surface area contributed by atoms with Crippen molar-refractivity contribution in [3.05, 3.63) is 62.0 Å². The summed E-state index contributed by atoms with van der Waals surface area (Å²) in [7, 11) is 2.27. The Hall–Kier alpha value is -3.55. The number of benzene rings is 1. The Morgan fingerprint density at radius 3 is 2.43 bits per heavy atom. The third-order valence-electron chi connectivity index (χ3n) is 6.49. The van der Waals surface area contributed by atoms with Gasteiger partial charge >= 0.3 is 6.18 Å². The Kier molecular flexibility index (Phi) is 6.73. The van der Waals surface area contributed by atoms with Crippen molar-refractivity contribution in [1.29, 1.82) is 0 Å². The Bertz CT molecular complexity index is 1460. The van der Waals surface area contributed by atoms with Crippen LogP contribution in [0.5, 0.6) is 5.75 Å². The van der Waals surface area contributed by atoms with Crippen LogP contribution in [0.4, 0.5) is 32.2 Å². The van der Waals surface area contributed by atoms with Gasteiger partial charge in [-0.2, -0.15) is 18.3 Å². The first kappa shape index (κ1) is 26.5. The summed E-state index contributed by atoms with van der Waals surface area (Å²) >= 11 is 0. The van der Waals surface area contributed by atoms with Crippen LogP contribution in [0.25, 0.3) is 10.8 Å². The fourth-order valence-corrected chi connectivity index (χ4v) is 4.47. The number of ether oxygens (including phenoxy) is 2. The molecule has 1 aliphatic heterocycles. The number of nitrogens with zero attached hydrogens (tertiary/aromatic N) is 3. The fourth-order valence-electron chi connectivity index (χ4n) is 4.47. The van der Waals surface area contributed by atoms with Crippen molar-refractivity contribution in [2.75, 3.05) is 25.6 Å². The minimum Gasteiger partial charge on any atom is -0.490 e. The van der Waals surface area contributed by atoms with Gasteiger partial charge in [0.2, 0.25) is 0 Å². The van der Waals surface area contributed by atoms with Gasteiger partial charge in [0.15, 0.2) is 17.1 Å². The molecule has 0 amide bonds. The number of methoxy groups -OCH3 is 1. The third kappa shape index (κ3) is 4.22. The molecule has 200 valence electrons. The summed E-state index contributed by atoms with van der Waals surface area (Å²) in [6.45, 7) is 0.318. The first-order valence-corrected chi connectivity index (χ1v) is 11.0. The van der Waals surface area contributed by atoms with Crippen molar-refractivity contribution in [2.24, 2.45) is 7.05 Å². The molecule has 2 aromatic heterocycles. The maximum absolute atomic E-state index is 14.8. The van der Waals surface area contributed by atoms with Gasteiger partial charge in [-0.15, -0.1) is 0 Å². The summed E-state index contributed by atoms with van der Waals surface area (Å²) in [4.78, 5) is 26.1. The first-order chi connectivity index (χ1) is 17.3. The molecule has 0 bridgehead atoms. The van der Waals surface area contributed by atoms with E-state index in [2.05, 4.69) is 10.4 Å². The molecule has 0 aliphatic carbocycles. The van der Waals surface area contributed by atoms with Crippen molar-refractivity contribution in [1.82, 2.24) is 14.3 Å². The van der Waals surface area contributed by atoms with Crippen LogP contribution in [0.2, 0.25) is 0 Å². The van der Waals surface area contributed by atoms with Crippen LogP contribution in [0, 0.1) is 5.82 Å². The molecule has 2 atom stereocenters. The number of halogens is 6. The molecular formula is C23H22F6N4O4. The number of anilines is 1. The highest BCUT2D eigenvalue weighted by Gasteiger charge is 2.59. The smallest absolute Gasteiger partial charge is 0.414 e. The van der Waals surface area contributed by atoms with Gasteiger partial charge in [0.05, 0.1) is 30.7 Å². The number of nitrogens with one attached hydrogen (secondary N) is 1. The van der Waals surface area contributed by atoms with E-state index in [0.717, 1.165) is 24.1 Å². The molecule has 1 unspecified atom stereocenters. The Balaban J connectivity index is 1.97. The third-order valence-corrected chi connectivity index (χ3v) is 6.49. The summed E-state index contributed by atoms with van der Waals surface area (Å²) in [5, 5.41) is 6.26. The van der Waals surface area contributed by atoms with Crippen LogP contribution in [0.1, 0.15) is 36.9 Å². The first-order valence-electron chi connectivity index (χ1n) is 11.0. The number of pyridine rings is 1. The van der Waals surface area contributed by atoms with Gasteiger partial charge in [-0.3, -0.25) is 14.2 Å². The zero-order valence-electron chi connectivity index (χ0n) is 19.8. The normalized spacial score (nSPS) is 19.0. The molecule has 0 spiro atoms. The van der Waals surface area contributed by atoms with Crippen LogP contribution in [0.15, 0.2) is 34.0 Å². The quantitative estimate of drug-likeness (QED) is 0.483. The standard InChI is InChI=1S/C23H22F6N4O4/c1-11(12-5-4-6-13(16(12)24)18(25)26)30-19-14-9-33(22(23(27,28)29)7-8-37-10-22)21(35)17(36-3)15(14)20(34)32(2)31-19/h4-6,9,11,18H,7-8,10H2,1-3H3,(H,30,31)/t11?,22-/m1/s1. The second-order valence-electron chi connectivity index (χ2n) is 8.65. The number of fused-ring (bicyclic) bond motifs is 1. The lowest BCUT2D eigenvalue weighted by Gasteiger charge is -2.33. The predicted octanol–water partition coefficient (Wildman–Crippen LogP) is 4.03. The minimum atomic E-state index is -4.90. The topological polar surface area (TPSA) is 87.4 Å². The van der Waals surface area contributed by atoms with Gasteiger partial charge in [-0.05, 0) is 6.92 Å². The number of aromatic nitrogens is 3. The molecule has 3 heterocycles. The highest BCUT2D eigenvalue weighted by molar-refractivity contribution is 5.94. The molecule has 1 N–H and O–H groups in total. The van der Waals surface area contributed by atoms with Gasteiger partial charge in [-0.25, -0.2) is 17.9 Å². The summed E-state index contributed by atoms with van der Waals surface area (Å²) in [6, 6.07) is 2.40. The Labute approximate surface area is 205 Å². The van der Waals surface area contributed by atoms with E-state index >= 15 is 0 Å². The monoisotopic (exact) mass is 532 g/mol. The minimum absolute atomic E-state index is 0.169. The van der Waals surface area contributed by atoms with Crippen molar-refractivity contribution >= 4 is 16.6 Å². The van der Waals surface area contributed by atoms with Crippen molar-refractivity contribution < 1.29 is 35.8 Å². The lowest BCUT2D eigenvalue weighted by atomic mass is 9.96. The summed E-state index contributed by atoms with van der Waals surface area (Å²) in [5.41, 5.74) is -5.75. The highest BCUT2D eigenvalue weighted by atomic mass is 19.4. The second-order valence-corrected chi connectivity index (χ2v) is 8.65. The molecule has 1 aromatic carbocycles. The van der Waals surface area contributed by atoms with E-state index in [1.165, 1.54) is 26.1 Å². The number of aryl methyl sites for hydroxylation is 1. The van der Waals surface area contributed by atoms with Crippen molar-refractivity contribution in [3.8, 4) is 5.75 Å². The van der Waals surface area contributed by atoms with Crippen LogP contribution in [-0.2, 0) is 17.3 Å². The van der Waals surface area contributed by atoms with Gasteiger partial charge in [0.1, 0.15) is 11.2 Å². The van der Waals surface area contributed by atoms with E-state index in [0.29, 0.717) is 4.57 Å². The van der Waals surface area contributed by atoms with E-state index in [1.54, 1.807) is 0 Å². The summed E-state index contributed by atoms with van der Waals surface area (Å²) in [6.07, 6.45) is -7.69. The zero-order chi connectivity index (χ0) is 27.3. The average Bonchev–Trinajstić information content (AvgIpc) is 3.33. The predicted molar refractivity (Wildman–Crippen MR) is 121 cm³/mol. The molecular weight excluding hydrogens is 510 g/mol. The lowest BCUT2D eigenvalue weighted by molar-refractivity contribution is -0.214. The molecule has 0 radical (unpaired) electrons. The maximum atomic E-state index is 14.8. The van der Waals surface area contributed by atoms with E-state index in [-0.39, 0.29) is 28.8 Å². The SMILES string of the molecule is COc1c(=O)n([C@]2(C(F)(F)F)CCOC2)cc2c(NC(C)c3cccc(C(F)F)c3F)nn(C)c(=O)c12.